The molecule has 33 heavy (non-hydrogen) atoms. The van der Waals surface area contributed by atoms with Crippen molar-refractivity contribution in [2.45, 2.75) is 0 Å². The monoisotopic (exact) mass is 461 g/mol. The zero-order valence-corrected chi connectivity index (χ0v) is 19.0. The van der Waals surface area contributed by atoms with Crippen LogP contribution < -0.4 is 16.0 Å². The van der Waals surface area contributed by atoms with E-state index in [-0.39, 0.29) is 5.56 Å². The lowest BCUT2D eigenvalue weighted by atomic mass is 10.1. The number of amides is 1. The molecule has 1 saturated heterocycles. The minimum atomic E-state index is -0.560. The molecule has 4 aromatic rings. The summed E-state index contributed by atoms with van der Waals surface area (Å²) in [5.74, 6) is 0.0894. The van der Waals surface area contributed by atoms with E-state index in [2.05, 4.69) is 56.4 Å². The molecule has 3 heterocycles. The number of hydrogen-bond acceptors (Lipinski definition) is 6. The molecule has 2 aromatic heterocycles. The number of nitrogens with zero attached hydrogens (tertiary/aromatic N) is 5. The zero-order chi connectivity index (χ0) is 22.9. The highest BCUT2D eigenvalue weighted by Gasteiger charge is 2.15. The molecule has 168 valence electrons. The summed E-state index contributed by atoms with van der Waals surface area (Å²) in [6, 6.07) is 13.5. The Morgan fingerprint density at radius 1 is 1.06 bits per heavy atom. The predicted molar refractivity (Wildman–Crippen MR) is 131 cm³/mol. The maximum Gasteiger partial charge on any atom is 0.250 e. The maximum absolute atomic E-state index is 11.5. The molecule has 0 unspecified atom stereocenters. The van der Waals surface area contributed by atoms with Gasteiger partial charge >= 0.3 is 0 Å². The number of carbonyl (C=O) groups is 1. The average Bonchev–Trinajstić information content (AvgIpc) is 3.31. The molecule has 5 rings (SSSR count). The van der Waals surface area contributed by atoms with Crippen LogP contribution in [0.4, 0.5) is 17.2 Å². The quantitative estimate of drug-likeness (QED) is 0.471. The molecule has 8 nitrogen and oxygen atoms in total. The van der Waals surface area contributed by atoms with Crippen molar-refractivity contribution in [1.82, 2.24) is 19.3 Å². The molecular formula is C24H24ClN7O. The molecule has 0 atom stereocenters. The third-order valence-electron chi connectivity index (χ3n) is 5.96. The van der Waals surface area contributed by atoms with Gasteiger partial charge in [-0.15, -0.1) is 0 Å². The SMILES string of the molecule is CN1CCN(c2ccc(Nc3ncc(-c4ccc(C(N)=O)c(Cl)c4)n4ccnc34)cc2)CC1. The van der Waals surface area contributed by atoms with Crippen LogP contribution in [0.2, 0.25) is 5.02 Å². The minimum absolute atomic E-state index is 0.286. The number of fused-ring (bicyclic) bond motifs is 1. The normalized spacial score (nSPS) is 14.5. The predicted octanol–water partition coefficient (Wildman–Crippen LogP) is 3.64. The number of nitrogens with two attached hydrogens (primary N) is 1. The smallest absolute Gasteiger partial charge is 0.250 e. The van der Waals surface area contributed by atoms with Crippen LogP contribution in [0.5, 0.6) is 0 Å². The standard InChI is InChI=1S/C24H24ClN7O/c1-30-10-12-31(13-11-30)18-5-3-17(4-6-18)29-23-24-27-8-9-32(24)21(15-28-23)16-2-7-19(22(26)33)20(25)14-16/h2-9,14-15H,10-13H2,1H3,(H2,26,33)(H,28,29). The molecule has 0 radical (unpaired) electrons. The zero-order valence-electron chi connectivity index (χ0n) is 18.2. The van der Waals surface area contributed by atoms with Crippen molar-refractivity contribution in [3.8, 4) is 11.3 Å². The number of carbonyl (C=O) groups excluding carboxylic acids is 1. The number of hydrogen-bond donors (Lipinski definition) is 2. The van der Waals surface area contributed by atoms with E-state index in [0.717, 1.165) is 43.1 Å². The van der Waals surface area contributed by atoms with Crippen LogP contribution in [0.3, 0.4) is 0 Å². The summed E-state index contributed by atoms with van der Waals surface area (Å²) in [7, 11) is 2.16. The number of likely N-dealkylation sites (N-methyl/N-ethyl adjacent to an activating group) is 1. The summed E-state index contributed by atoms with van der Waals surface area (Å²) in [4.78, 5) is 25.3. The first-order valence-electron chi connectivity index (χ1n) is 10.7. The molecule has 0 spiro atoms. The van der Waals surface area contributed by atoms with Gasteiger partial charge in [0.15, 0.2) is 11.5 Å². The van der Waals surface area contributed by atoms with Crippen LogP contribution in [0, 0.1) is 0 Å². The topological polar surface area (TPSA) is 91.8 Å². The van der Waals surface area contributed by atoms with Gasteiger partial charge in [-0.2, -0.15) is 0 Å². The second-order valence-electron chi connectivity index (χ2n) is 8.13. The van der Waals surface area contributed by atoms with E-state index in [0.29, 0.717) is 16.5 Å². The summed E-state index contributed by atoms with van der Waals surface area (Å²) < 4.78 is 1.93. The van der Waals surface area contributed by atoms with Crippen molar-refractivity contribution < 1.29 is 4.79 Å². The largest absolute Gasteiger partial charge is 0.369 e. The number of nitrogens with one attached hydrogen (secondary N) is 1. The second kappa shape index (κ2) is 8.73. The van der Waals surface area contributed by atoms with Crippen molar-refractivity contribution in [3.63, 3.8) is 0 Å². The van der Waals surface area contributed by atoms with E-state index >= 15 is 0 Å². The molecule has 1 fully saturated rings. The number of halogens is 1. The Kier molecular flexibility index (Phi) is 5.62. The Hall–Kier alpha value is -3.62. The summed E-state index contributed by atoms with van der Waals surface area (Å²) in [5.41, 5.74) is 10.1. The maximum atomic E-state index is 11.5. The Bertz CT molecular complexity index is 1310. The fourth-order valence-electron chi connectivity index (χ4n) is 4.05. The summed E-state index contributed by atoms with van der Waals surface area (Å²) in [6.45, 7) is 4.21. The fraction of sp³-hybridized carbons (Fsp3) is 0.208. The minimum Gasteiger partial charge on any atom is -0.369 e. The highest BCUT2D eigenvalue weighted by Crippen LogP contribution is 2.29. The average molecular weight is 462 g/mol. The summed E-state index contributed by atoms with van der Waals surface area (Å²) in [5, 5.41) is 3.68. The Morgan fingerprint density at radius 3 is 2.52 bits per heavy atom. The van der Waals surface area contributed by atoms with Crippen LogP contribution in [-0.2, 0) is 0 Å². The molecule has 1 aliphatic rings. The molecule has 1 aliphatic heterocycles. The molecule has 0 saturated carbocycles. The number of imidazole rings is 1. The Morgan fingerprint density at radius 2 is 1.82 bits per heavy atom. The van der Waals surface area contributed by atoms with Gasteiger partial charge in [-0.05, 0) is 43.4 Å². The number of anilines is 3. The van der Waals surface area contributed by atoms with E-state index < -0.39 is 5.91 Å². The molecule has 2 aromatic carbocycles. The highest BCUT2D eigenvalue weighted by atomic mass is 35.5. The molecule has 9 heteroatoms. The van der Waals surface area contributed by atoms with Gasteiger partial charge in [0.2, 0.25) is 5.91 Å². The number of aromatic nitrogens is 3. The van der Waals surface area contributed by atoms with Crippen LogP contribution >= 0.6 is 11.6 Å². The van der Waals surface area contributed by atoms with Crippen molar-refractivity contribution >= 4 is 40.3 Å². The van der Waals surface area contributed by atoms with Gasteiger partial charge in [0, 0.05) is 55.5 Å². The van der Waals surface area contributed by atoms with Crippen LogP contribution in [0.15, 0.2) is 61.1 Å². The van der Waals surface area contributed by atoms with Gasteiger partial charge in [0.1, 0.15) is 0 Å². The van der Waals surface area contributed by atoms with Crippen molar-refractivity contribution in [1.29, 1.82) is 0 Å². The van der Waals surface area contributed by atoms with Gasteiger partial charge in [-0.3, -0.25) is 9.20 Å². The van der Waals surface area contributed by atoms with E-state index in [9.17, 15) is 4.79 Å². The van der Waals surface area contributed by atoms with Gasteiger partial charge < -0.3 is 20.9 Å². The van der Waals surface area contributed by atoms with Crippen LogP contribution in [0.1, 0.15) is 10.4 Å². The third kappa shape index (κ3) is 4.22. The summed E-state index contributed by atoms with van der Waals surface area (Å²) in [6.07, 6.45) is 5.34. The van der Waals surface area contributed by atoms with Crippen LogP contribution in [-0.4, -0.2) is 58.4 Å². The molecular weight excluding hydrogens is 438 g/mol. The van der Waals surface area contributed by atoms with E-state index in [1.807, 2.05) is 10.6 Å². The Balaban J connectivity index is 1.40. The van der Waals surface area contributed by atoms with E-state index in [4.69, 9.17) is 17.3 Å². The number of rotatable bonds is 5. The lowest BCUT2D eigenvalue weighted by Gasteiger charge is -2.34. The number of primary amides is 1. The van der Waals surface area contributed by atoms with Crippen molar-refractivity contribution in [2.24, 2.45) is 5.73 Å². The molecule has 0 bridgehead atoms. The lowest BCUT2D eigenvalue weighted by Crippen LogP contribution is -2.44. The first-order valence-corrected chi connectivity index (χ1v) is 11.1. The van der Waals surface area contributed by atoms with Crippen molar-refractivity contribution in [3.05, 3.63) is 71.6 Å². The fourth-order valence-corrected chi connectivity index (χ4v) is 4.33. The lowest BCUT2D eigenvalue weighted by molar-refractivity contribution is 0.100. The second-order valence-corrected chi connectivity index (χ2v) is 8.54. The molecule has 1 amide bonds. The first-order chi connectivity index (χ1) is 16.0. The number of benzene rings is 2. The van der Waals surface area contributed by atoms with Gasteiger partial charge in [-0.1, -0.05) is 17.7 Å². The summed E-state index contributed by atoms with van der Waals surface area (Å²) >= 11 is 6.25. The number of piperazine rings is 1. The van der Waals surface area contributed by atoms with Gasteiger partial charge in [-0.25, -0.2) is 9.97 Å². The highest BCUT2D eigenvalue weighted by molar-refractivity contribution is 6.34. The Labute approximate surface area is 196 Å². The molecule has 0 aliphatic carbocycles. The van der Waals surface area contributed by atoms with E-state index in [1.54, 1.807) is 30.6 Å². The van der Waals surface area contributed by atoms with Crippen molar-refractivity contribution in [2.75, 3.05) is 43.4 Å². The van der Waals surface area contributed by atoms with Gasteiger partial charge in [0.25, 0.3) is 0 Å². The van der Waals surface area contributed by atoms with Crippen LogP contribution in [0.25, 0.3) is 16.9 Å². The first kappa shape index (κ1) is 21.2. The van der Waals surface area contributed by atoms with Gasteiger partial charge in [0.05, 0.1) is 22.5 Å². The van der Waals surface area contributed by atoms with E-state index in [1.165, 1.54) is 5.69 Å². The molecule has 3 N–H and O–H groups in total. The third-order valence-corrected chi connectivity index (χ3v) is 6.27.